The number of hydrogen-bond acceptors (Lipinski definition) is 3. The van der Waals surface area contributed by atoms with Crippen molar-refractivity contribution in [1.82, 2.24) is 15.0 Å². The van der Waals surface area contributed by atoms with Gasteiger partial charge in [0, 0.05) is 24.2 Å². The molecule has 25 heavy (non-hydrogen) atoms. The van der Waals surface area contributed by atoms with Crippen LogP contribution in [0, 0.1) is 0 Å². The van der Waals surface area contributed by atoms with Crippen LogP contribution in [0.4, 0.5) is 0 Å². The van der Waals surface area contributed by atoms with Gasteiger partial charge in [0.1, 0.15) is 0 Å². The molecule has 9 nitrogen and oxygen atoms in total. The minimum absolute atomic E-state index is 0. The van der Waals surface area contributed by atoms with Crippen LogP contribution in [0.2, 0.25) is 0 Å². The van der Waals surface area contributed by atoms with Crippen molar-refractivity contribution in [3.63, 3.8) is 0 Å². The van der Waals surface area contributed by atoms with Crippen molar-refractivity contribution in [3.8, 4) is 22.6 Å². The molecule has 0 radical (unpaired) electrons. The van der Waals surface area contributed by atoms with Gasteiger partial charge < -0.3 is 32.9 Å². The summed E-state index contributed by atoms with van der Waals surface area (Å²) < 4.78 is 0. The van der Waals surface area contributed by atoms with Gasteiger partial charge in [-0.25, -0.2) is 0 Å². The lowest BCUT2D eigenvalue weighted by Crippen LogP contribution is -1.92. The van der Waals surface area contributed by atoms with Crippen LogP contribution in [0.1, 0.15) is 0 Å². The molecule has 3 heterocycles. The molecule has 10 heteroatoms. The van der Waals surface area contributed by atoms with Crippen molar-refractivity contribution >= 4 is 12.4 Å². The van der Waals surface area contributed by atoms with E-state index < -0.39 is 0 Å². The van der Waals surface area contributed by atoms with Crippen molar-refractivity contribution in [3.05, 3.63) is 67.1 Å². The lowest BCUT2D eigenvalue weighted by molar-refractivity contribution is 0.823. The Morgan fingerprint density at radius 1 is 0.480 bits per heavy atom. The zero-order valence-electron chi connectivity index (χ0n) is 13.1. The molecule has 12 N–H and O–H groups in total. The van der Waals surface area contributed by atoms with Gasteiger partial charge in [-0.3, -0.25) is 15.0 Å². The van der Waals surface area contributed by atoms with E-state index in [2.05, 4.69) is 15.0 Å². The minimum Gasteiger partial charge on any atom is -0.412 e. The van der Waals surface area contributed by atoms with E-state index in [4.69, 9.17) is 0 Å². The minimum atomic E-state index is 0. The van der Waals surface area contributed by atoms with Gasteiger partial charge >= 0.3 is 0 Å². The maximum atomic E-state index is 4.42. The Kier molecular flexibility index (Phi) is 22.2. The van der Waals surface area contributed by atoms with Gasteiger partial charge in [-0.05, 0) is 36.4 Å². The van der Waals surface area contributed by atoms with Crippen molar-refractivity contribution < 1.29 is 32.9 Å². The summed E-state index contributed by atoms with van der Waals surface area (Å²) in [5, 5.41) is 0. The smallest absolute Gasteiger partial charge is 0.0980 e. The van der Waals surface area contributed by atoms with Crippen LogP contribution in [0.15, 0.2) is 67.1 Å². The molecule has 0 fully saturated rings. The molecule has 3 rings (SSSR count). The molecule has 142 valence electrons. The van der Waals surface area contributed by atoms with E-state index in [1.807, 2.05) is 48.5 Å². The fraction of sp³-hybridized carbons (Fsp3) is 0. The van der Waals surface area contributed by atoms with Crippen LogP contribution in [-0.4, -0.2) is 47.8 Å². The number of pyridine rings is 3. The molecule has 0 saturated heterocycles. The zero-order chi connectivity index (χ0) is 12.2. The first kappa shape index (κ1) is 34.0. The Balaban J connectivity index is -0.000000190. The summed E-state index contributed by atoms with van der Waals surface area (Å²) in [5.41, 5.74) is 3.62. The lowest BCUT2D eigenvalue weighted by Gasteiger charge is -2.06. The molecule has 3 aromatic rings. The van der Waals surface area contributed by atoms with E-state index in [1.165, 1.54) is 0 Å². The second-order valence-electron chi connectivity index (χ2n) is 3.83. The fourth-order valence-electron chi connectivity index (χ4n) is 1.84. The maximum absolute atomic E-state index is 4.42. The first-order valence-electron chi connectivity index (χ1n) is 5.73. The number of nitrogens with zero attached hydrogens (tertiary/aromatic N) is 3. The quantitative estimate of drug-likeness (QED) is 0.529. The molecule has 0 spiro atoms. The Labute approximate surface area is 150 Å². The van der Waals surface area contributed by atoms with Crippen LogP contribution in [0.3, 0.4) is 0 Å². The standard InChI is InChI=1S/C15H11N3.ClH.6H2O/c1-3-9-16-13(7-1)12-6-5-11-18-15(12)14-8-2-4-10-17-14;;;;;;;/h1-11H;1H;6*1H2. The monoisotopic (exact) mass is 377 g/mol. The summed E-state index contributed by atoms with van der Waals surface area (Å²) in [6.07, 6.45) is 5.33. The molecule has 0 amide bonds. The van der Waals surface area contributed by atoms with Gasteiger partial charge in [-0.15, -0.1) is 12.4 Å². The van der Waals surface area contributed by atoms with E-state index in [0.29, 0.717) is 0 Å². The first-order valence-corrected chi connectivity index (χ1v) is 5.73. The van der Waals surface area contributed by atoms with Crippen LogP contribution in [-0.2, 0) is 0 Å². The number of aromatic nitrogens is 3. The third-order valence-electron chi connectivity index (χ3n) is 2.66. The predicted octanol–water partition coefficient (Wildman–Crippen LogP) is -1.32. The Morgan fingerprint density at radius 2 is 0.960 bits per heavy atom. The summed E-state index contributed by atoms with van der Waals surface area (Å²) in [4.78, 5) is 13.1. The third kappa shape index (κ3) is 7.74. The van der Waals surface area contributed by atoms with E-state index in [9.17, 15) is 0 Å². The van der Waals surface area contributed by atoms with Crippen molar-refractivity contribution in [2.24, 2.45) is 0 Å². The van der Waals surface area contributed by atoms with Crippen LogP contribution in [0.25, 0.3) is 22.6 Å². The van der Waals surface area contributed by atoms with Gasteiger partial charge in [0.15, 0.2) is 0 Å². The predicted molar refractivity (Wildman–Crippen MR) is 99.6 cm³/mol. The molecule has 0 bridgehead atoms. The average molecular weight is 378 g/mol. The summed E-state index contributed by atoms with van der Waals surface area (Å²) >= 11 is 0. The summed E-state index contributed by atoms with van der Waals surface area (Å²) in [7, 11) is 0. The van der Waals surface area contributed by atoms with Gasteiger partial charge in [0.05, 0.1) is 17.1 Å². The average Bonchev–Trinajstić information content (AvgIpc) is 2.49. The van der Waals surface area contributed by atoms with Gasteiger partial charge in [0.2, 0.25) is 0 Å². The molecular formula is C15H24ClN3O6. The first-order chi connectivity index (χ1) is 8.95. The summed E-state index contributed by atoms with van der Waals surface area (Å²) in [6, 6.07) is 15.6. The van der Waals surface area contributed by atoms with Gasteiger partial charge in [-0.2, -0.15) is 0 Å². The number of hydrogen-bond donors (Lipinski definition) is 0. The molecular weight excluding hydrogens is 354 g/mol. The Bertz CT molecular complexity index is 603. The second-order valence-corrected chi connectivity index (χ2v) is 3.83. The highest BCUT2D eigenvalue weighted by atomic mass is 35.5. The largest absolute Gasteiger partial charge is 0.412 e. The number of halogens is 1. The molecule has 0 atom stereocenters. The van der Waals surface area contributed by atoms with E-state index >= 15 is 0 Å². The molecule has 0 aliphatic heterocycles. The maximum Gasteiger partial charge on any atom is 0.0980 e. The van der Waals surface area contributed by atoms with Gasteiger partial charge in [-0.1, -0.05) is 12.1 Å². The molecule has 0 saturated carbocycles. The molecule has 3 aromatic heterocycles. The zero-order valence-corrected chi connectivity index (χ0v) is 13.9. The summed E-state index contributed by atoms with van der Waals surface area (Å²) in [5.74, 6) is 0. The Morgan fingerprint density at radius 3 is 1.44 bits per heavy atom. The highest BCUT2D eigenvalue weighted by molar-refractivity contribution is 5.85. The van der Waals surface area contributed by atoms with Crippen LogP contribution >= 0.6 is 12.4 Å². The van der Waals surface area contributed by atoms with E-state index in [0.717, 1.165) is 22.6 Å². The van der Waals surface area contributed by atoms with Crippen molar-refractivity contribution in [2.75, 3.05) is 0 Å². The van der Waals surface area contributed by atoms with Crippen molar-refractivity contribution in [2.45, 2.75) is 0 Å². The lowest BCUT2D eigenvalue weighted by atomic mass is 10.1. The molecule has 0 unspecified atom stereocenters. The summed E-state index contributed by atoms with van der Waals surface area (Å²) in [6.45, 7) is 0. The molecule has 0 aromatic carbocycles. The van der Waals surface area contributed by atoms with E-state index in [1.54, 1.807) is 18.6 Å². The van der Waals surface area contributed by atoms with Crippen molar-refractivity contribution in [1.29, 1.82) is 0 Å². The molecule has 0 aliphatic carbocycles. The van der Waals surface area contributed by atoms with E-state index in [-0.39, 0.29) is 45.3 Å². The fourth-order valence-corrected chi connectivity index (χ4v) is 1.84. The topological polar surface area (TPSA) is 228 Å². The van der Waals surface area contributed by atoms with Crippen LogP contribution in [0.5, 0.6) is 0 Å². The highest BCUT2D eigenvalue weighted by Gasteiger charge is 2.09. The van der Waals surface area contributed by atoms with Gasteiger partial charge in [0.25, 0.3) is 0 Å². The molecule has 0 aliphatic rings. The Hall–Kier alpha value is -2.50. The SMILES string of the molecule is Cl.O.O.O.O.O.O.c1ccc(-c2cccnc2-c2ccccn2)nc1. The normalized spacial score (nSPS) is 7.36. The third-order valence-corrected chi connectivity index (χ3v) is 2.66. The number of rotatable bonds is 2. The second kappa shape index (κ2) is 16.4. The highest BCUT2D eigenvalue weighted by Crippen LogP contribution is 2.26. The van der Waals surface area contributed by atoms with Crippen LogP contribution < -0.4 is 0 Å².